The van der Waals surface area contributed by atoms with Gasteiger partial charge in [-0.3, -0.25) is 0 Å². The van der Waals surface area contributed by atoms with Gasteiger partial charge in [0, 0.05) is 25.7 Å². The minimum absolute atomic E-state index is 0.345. The highest BCUT2D eigenvalue weighted by Crippen LogP contribution is 2.44. The molecule has 1 aliphatic rings. The maximum absolute atomic E-state index is 6.21. The highest BCUT2D eigenvalue weighted by Gasteiger charge is 2.41. The van der Waals surface area contributed by atoms with E-state index in [1.807, 2.05) is 6.92 Å². The molecule has 3 heteroatoms. The molecular weight excluding hydrogens is 224 g/mol. The van der Waals surface area contributed by atoms with E-state index in [-0.39, 0.29) is 0 Å². The molecule has 108 valence electrons. The lowest BCUT2D eigenvalue weighted by Gasteiger charge is -2.48. The van der Waals surface area contributed by atoms with E-state index in [0.717, 1.165) is 32.2 Å². The highest BCUT2D eigenvalue weighted by molar-refractivity contribution is 4.94. The van der Waals surface area contributed by atoms with Crippen molar-refractivity contribution in [2.75, 3.05) is 33.4 Å². The van der Waals surface area contributed by atoms with E-state index >= 15 is 0 Å². The van der Waals surface area contributed by atoms with Crippen LogP contribution in [-0.2, 0) is 4.74 Å². The third-order valence-electron chi connectivity index (χ3n) is 5.07. The molecule has 0 aromatic heterocycles. The van der Waals surface area contributed by atoms with Gasteiger partial charge in [0.1, 0.15) is 0 Å². The predicted octanol–water partition coefficient (Wildman–Crippen LogP) is 2.35. The van der Waals surface area contributed by atoms with Crippen molar-refractivity contribution in [3.8, 4) is 0 Å². The first-order chi connectivity index (χ1) is 8.39. The van der Waals surface area contributed by atoms with Crippen LogP contribution in [0.5, 0.6) is 0 Å². The van der Waals surface area contributed by atoms with Gasteiger partial charge in [-0.1, -0.05) is 20.8 Å². The molecule has 0 spiro atoms. The molecule has 3 atom stereocenters. The molecule has 1 rings (SSSR count). The lowest BCUT2D eigenvalue weighted by Crippen LogP contribution is -2.49. The van der Waals surface area contributed by atoms with Crippen LogP contribution in [0.25, 0.3) is 0 Å². The van der Waals surface area contributed by atoms with Crippen LogP contribution in [0.2, 0.25) is 0 Å². The van der Waals surface area contributed by atoms with E-state index in [4.69, 9.17) is 10.5 Å². The van der Waals surface area contributed by atoms with Gasteiger partial charge in [0.05, 0.1) is 6.61 Å². The van der Waals surface area contributed by atoms with E-state index in [1.54, 1.807) is 0 Å². The summed E-state index contributed by atoms with van der Waals surface area (Å²) in [6, 6.07) is 0.380. The van der Waals surface area contributed by atoms with Crippen molar-refractivity contribution in [1.82, 2.24) is 4.90 Å². The molecule has 0 saturated heterocycles. The molecule has 0 radical (unpaired) electrons. The Bertz CT molecular complexity index is 243. The van der Waals surface area contributed by atoms with Gasteiger partial charge < -0.3 is 15.4 Å². The fraction of sp³-hybridized carbons (Fsp3) is 1.00. The summed E-state index contributed by atoms with van der Waals surface area (Å²) in [7, 11) is 2.20. The fourth-order valence-electron chi connectivity index (χ4n) is 3.10. The zero-order chi connectivity index (χ0) is 13.8. The maximum atomic E-state index is 6.21. The molecule has 1 aliphatic carbocycles. The van der Waals surface area contributed by atoms with Crippen LogP contribution in [0.1, 0.15) is 40.5 Å². The first-order valence-electron chi connectivity index (χ1n) is 7.41. The smallest absolute Gasteiger partial charge is 0.0593 e. The van der Waals surface area contributed by atoms with Crippen LogP contribution < -0.4 is 5.73 Å². The normalized spacial score (nSPS) is 31.8. The molecule has 0 aliphatic heterocycles. The average molecular weight is 256 g/mol. The molecule has 2 N–H and O–H groups in total. The zero-order valence-electron chi connectivity index (χ0n) is 12.9. The number of nitrogens with zero attached hydrogens (tertiary/aromatic N) is 1. The Hall–Kier alpha value is -0.120. The topological polar surface area (TPSA) is 38.5 Å². The van der Waals surface area contributed by atoms with Crippen LogP contribution in [0.3, 0.4) is 0 Å². The predicted molar refractivity (Wildman–Crippen MR) is 77.6 cm³/mol. The van der Waals surface area contributed by atoms with E-state index in [2.05, 4.69) is 32.7 Å². The molecule has 0 bridgehead atoms. The Morgan fingerprint density at radius 1 is 1.33 bits per heavy atom. The van der Waals surface area contributed by atoms with Crippen LogP contribution in [0.4, 0.5) is 0 Å². The van der Waals surface area contributed by atoms with E-state index in [0.29, 0.717) is 17.4 Å². The summed E-state index contributed by atoms with van der Waals surface area (Å²) in [5, 5.41) is 0. The van der Waals surface area contributed by atoms with Gasteiger partial charge >= 0.3 is 0 Å². The maximum Gasteiger partial charge on any atom is 0.0593 e. The van der Waals surface area contributed by atoms with E-state index in [1.165, 1.54) is 12.8 Å². The van der Waals surface area contributed by atoms with E-state index < -0.39 is 0 Å². The standard InChI is InChI=1S/C15H32N2O/c1-6-18-10-9-17(5)11-13-7-8-14(16)12(2)15(13,3)4/h12-14H,6-11,16H2,1-5H3. The number of hydrogen-bond donors (Lipinski definition) is 1. The molecule has 0 aromatic carbocycles. The summed E-state index contributed by atoms with van der Waals surface area (Å²) in [6.07, 6.45) is 2.44. The van der Waals surface area contributed by atoms with Crippen LogP contribution in [0, 0.1) is 17.3 Å². The third kappa shape index (κ3) is 3.94. The van der Waals surface area contributed by atoms with Crippen molar-refractivity contribution in [2.24, 2.45) is 23.0 Å². The van der Waals surface area contributed by atoms with Crippen molar-refractivity contribution in [1.29, 1.82) is 0 Å². The van der Waals surface area contributed by atoms with Crippen molar-refractivity contribution < 1.29 is 4.74 Å². The number of hydrogen-bond acceptors (Lipinski definition) is 3. The fourth-order valence-corrected chi connectivity index (χ4v) is 3.10. The number of rotatable bonds is 6. The Labute approximate surface area is 113 Å². The molecule has 1 fully saturated rings. The zero-order valence-corrected chi connectivity index (χ0v) is 12.9. The number of nitrogens with two attached hydrogens (primary N) is 1. The molecule has 18 heavy (non-hydrogen) atoms. The molecular formula is C15H32N2O. The Balaban J connectivity index is 2.45. The second-order valence-corrected chi connectivity index (χ2v) is 6.51. The SMILES string of the molecule is CCOCCN(C)CC1CCC(N)C(C)C1(C)C. The van der Waals surface area contributed by atoms with Crippen molar-refractivity contribution in [3.63, 3.8) is 0 Å². The van der Waals surface area contributed by atoms with Gasteiger partial charge in [-0.15, -0.1) is 0 Å². The van der Waals surface area contributed by atoms with Gasteiger partial charge in [-0.05, 0) is 44.1 Å². The first-order valence-corrected chi connectivity index (χ1v) is 7.41. The van der Waals surface area contributed by atoms with Crippen LogP contribution in [0.15, 0.2) is 0 Å². The molecule has 3 unspecified atom stereocenters. The summed E-state index contributed by atoms with van der Waals surface area (Å²) in [5.74, 6) is 1.36. The minimum Gasteiger partial charge on any atom is -0.380 e. The van der Waals surface area contributed by atoms with Crippen molar-refractivity contribution >= 4 is 0 Å². The minimum atomic E-state index is 0.345. The quantitative estimate of drug-likeness (QED) is 0.741. The van der Waals surface area contributed by atoms with Gasteiger partial charge in [-0.2, -0.15) is 0 Å². The van der Waals surface area contributed by atoms with Gasteiger partial charge in [0.2, 0.25) is 0 Å². The summed E-state index contributed by atoms with van der Waals surface area (Å²) >= 11 is 0. The summed E-state index contributed by atoms with van der Waals surface area (Å²) in [5.41, 5.74) is 6.56. The van der Waals surface area contributed by atoms with Gasteiger partial charge in [0.25, 0.3) is 0 Å². The Kier molecular flexibility index (Phi) is 6.09. The summed E-state index contributed by atoms with van der Waals surface area (Å²) in [4.78, 5) is 2.41. The summed E-state index contributed by atoms with van der Waals surface area (Å²) in [6.45, 7) is 13.0. The first kappa shape index (κ1) is 15.9. The summed E-state index contributed by atoms with van der Waals surface area (Å²) < 4.78 is 5.42. The van der Waals surface area contributed by atoms with Gasteiger partial charge in [0.15, 0.2) is 0 Å². The van der Waals surface area contributed by atoms with Gasteiger partial charge in [-0.25, -0.2) is 0 Å². The lowest BCUT2D eigenvalue weighted by atomic mass is 9.61. The largest absolute Gasteiger partial charge is 0.380 e. The van der Waals surface area contributed by atoms with E-state index in [9.17, 15) is 0 Å². The van der Waals surface area contributed by atoms with Crippen LogP contribution in [-0.4, -0.2) is 44.3 Å². The second-order valence-electron chi connectivity index (χ2n) is 6.51. The second kappa shape index (κ2) is 6.88. The lowest BCUT2D eigenvalue weighted by molar-refractivity contribution is 0.0272. The van der Waals surface area contributed by atoms with Crippen LogP contribution >= 0.6 is 0 Å². The average Bonchev–Trinajstić information content (AvgIpc) is 2.31. The highest BCUT2D eigenvalue weighted by atomic mass is 16.5. The molecule has 1 saturated carbocycles. The Morgan fingerprint density at radius 2 is 2.00 bits per heavy atom. The monoisotopic (exact) mass is 256 g/mol. The molecule has 0 aromatic rings. The number of likely N-dealkylation sites (N-methyl/N-ethyl adjacent to an activating group) is 1. The molecule has 0 heterocycles. The molecule has 3 nitrogen and oxygen atoms in total. The Morgan fingerprint density at radius 3 is 2.61 bits per heavy atom. The van der Waals surface area contributed by atoms with Crippen molar-refractivity contribution in [2.45, 2.75) is 46.6 Å². The molecule has 0 amide bonds. The third-order valence-corrected chi connectivity index (χ3v) is 5.07. The van der Waals surface area contributed by atoms with Crippen molar-refractivity contribution in [3.05, 3.63) is 0 Å². The number of ether oxygens (including phenoxy) is 1.